The molecule has 2 saturated heterocycles. The van der Waals surface area contributed by atoms with Gasteiger partial charge in [0, 0.05) is 16.9 Å². The summed E-state index contributed by atoms with van der Waals surface area (Å²) in [6.45, 7) is 3.86. The molecule has 26 heavy (non-hydrogen) atoms. The normalized spacial score (nSPS) is 25.9. The lowest BCUT2D eigenvalue weighted by atomic mass is 10.0. The van der Waals surface area contributed by atoms with E-state index in [0.717, 1.165) is 0 Å². The van der Waals surface area contributed by atoms with Gasteiger partial charge in [0.25, 0.3) is 5.91 Å². The minimum Gasteiger partial charge on any atom is -0.315 e. The molecule has 1 aromatic carbocycles. The first kappa shape index (κ1) is 19.6. The summed E-state index contributed by atoms with van der Waals surface area (Å²) in [5, 5.41) is 0.211. The van der Waals surface area contributed by atoms with Crippen LogP contribution in [-0.2, 0) is 14.6 Å². The number of aliphatic imine (C=N–C) groups is 1. The molecule has 0 saturated carbocycles. The maximum absolute atomic E-state index is 14.0. The molecule has 0 N–H and O–H groups in total. The molecule has 2 fully saturated rings. The highest BCUT2D eigenvalue weighted by Crippen LogP contribution is 2.41. The number of benzene rings is 1. The second-order valence-corrected chi connectivity index (χ2v) is 10.3. The molecule has 1 aromatic rings. The lowest BCUT2D eigenvalue weighted by Gasteiger charge is -2.25. The average Bonchev–Trinajstić information content (AvgIpc) is 3.02. The van der Waals surface area contributed by atoms with Gasteiger partial charge in [-0.05, 0) is 31.0 Å². The van der Waals surface area contributed by atoms with Gasteiger partial charge in [0.2, 0.25) is 0 Å². The quantitative estimate of drug-likeness (QED) is 0.748. The van der Waals surface area contributed by atoms with Gasteiger partial charge in [-0.3, -0.25) is 4.79 Å². The molecule has 0 bridgehead atoms. The summed E-state index contributed by atoms with van der Waals surface area (Å²) in [5.74, 6) is -0.986. The number of hydrogen-bond acceptors (Lipinski definition) is 4. The molecule has 0 aliphatic carbocycles. The van der Waals surface area contributed by atoms with Crippen LogP contribution in [-0.4, -0.2) is 42.3 Å². The van der Waals surface area contributed by atoms with E-state index in [1.165, 1.54) is 23.9 Å². The predicted molar refractivity (Wildman–Crippen MR) is 104 cm³/mol. The first-order valence-electron chi connectivity index (χ1n) is 8.49. The highest BCUT2D eigenvalue weighted by molar-refractivity contribution is 8.16. The smallest absolute Gasteiger partial charge is 0.251 e. The molecule has 2 atom stereocenters. The first-order valence-corrected chi connectivity index (χ1v) is 11.6. The monoisotopic (exact) mass is 418 g/mol. The Morgan fingerprint density at radius 3 is 2.69 bits per heavy atom. The van der Waals surface area contributed by atoms with Gasteiger partial charge < -0.3 is 4.90 Å². The van der Waals surface area contributed by atoms with Crippen LogP contribution in [0.25, 0.3) is 0 Å². The van der Waals surface area contributed by atoms with Crippen molar-refractivity contribution in [3.8, 4) is 0 Å². The van der Waals surface area contributed by atoms with Gasteiger partial charge in [0.15, 0.2) is 15.0 Å². The Morgan fingerprint density at radius 1 is 1.38 bits per heavy atom. The van der Waals surface area contributed by atoms with Crippen molar-refractivity contribution in [3.63, 3.8) is 0 Å². The molecule has 0 spiro atoms. The van der Waals surface area contributed by atoms with Crippen LogP contribution in [0.2, 0.25) is 5.02 Å². The fourth-order valence-corrected chi connectivity index (χ4v) is 7.36. The molecule has 2 aliphatic heterocycles. The van der Waals surface area contributed by atoms with Crippen LogP contribution in [0.4, 0.5) is 10.1 Å². The van der Waals surface area contributed by atoms with Crippen LogP contribution in [0, 0.1) is 11.7 Å². The van der Waals surface area contributed by atoms with Gasteiger partial charge in [0.05, 0.1) is 22.6 Å². The number of halogens is 2. The number of amidine groups is 1. The molecule has 9 heteroatoms. The van der Waals surface area contributed by atoms with Crippen molar-refractivity contribution in [2.75, 3.05) is 16.4 Å². The van der Waals surface area contributed by atoms with Crippen molar-refractivity contribution < 1.29 is 17.6 Å². The summed E-state index contributed by atoms with van der Waals surface area (Å²) >= 11 is 7.05. The molecule has 0 unspecified atom stereocenters. The van der Waals surface area contributed by atoms with Gasteiger partial charge >= 0.3 is 0 Å². The zero-order chi connectivity index (χ0) is 19.1. The number of fused-ring (bicyclic) bond motifs is 1. The van der Waals surface area contributed by atoms with E-state index in [4.69, 9.17) is 11.6 Å². The van der Waals surface area contributed by atoms with Crippen LogP contribution in [0.15, 0.2) is 23.2 Å². The van der Waals surface area contributed by atoms with Crippen LogP contribution in [0.3, 0.4) is 0 Å². The first-order chi connectivity index (χ1) is 12.3. The van der Waals surface area contributed by atoms with E-state index in [-0.39, 0.29) is 39.6 Å². The fourth-order valence-electron chi connectivity index (χ4n) is 3.32. The second kappa shape index (κ2) is 7.48. The van der Waals surface area contributed by atoms with E-state index in [1.54, 1.807) is 11.0 Å². The Balaban J connectivity index is 2.01. The SMILES string of the molecule is CCC(CC)C(=O)N=C1S[C@H]2CS(=O)(=O)C[C@@H]2N1c1ccc(Cl)c(F)c1. The summed E-state index contributed by atoms with van der Waals surface area (Å²) in [4.78, 5) is 18.4. The maximum atomic E-state index is 14.0. The average molecular weight is 419 g/mol. The van der Waals surface area contributed by atoms with E-state index >= 15 is 0 Å². The van der Waals surface area contributed by atoms with E-state index in [9.17, 15) is 17.6 Å². The summed E-state index contributed by atoms with van der Waals surface area (Å²) in [5.41, 5.74) is 0.458. The molecule has 5 nitrogen and oxygen atoms in total. The highest BCUT2D eigenvalue weighted by atomic mass is 35.5. The number of carbonyl (C=O) groups excluding carboxylic acids is 1. The minimum absolute atomic E-state index is 0.0113. The zero-order valence-corrected chi connectivity index (χ0v) is 16.9. The number of anilines is 1. The molecule has 3 rings (SSSR count). The fraction of sp³-hybridized carbons (Fsp3) is 0.529. The van der Waals surface area contributed by atoms with Gasteiger partial charge in [0.1, 0.15) is 5.82 Å². The lowest BCUT2D eigenvalue weighted by molar-refractivity contribution is -0.121. The Morgan fingerprint density at radius 2 is 2.08 bits per heavy atom. The Kier molecular flexibility index (Phi) is 5.65. The third-order valence-corrected chi connectivity index (χ3v) is 8.30. The summed E-state index contributed by atoms with van der Waals surface area (Å²) < 4.78 is 38.0. The highest BCUT2D eigenvalue weighted by Gasteiger charge is 2.49. The topological polar surface area (TPSA) is 66.8 Å². The van der Waals surface area contributed by atoms with Crippen LogP contribution < -0.4 is 4.90 Å². The number of thioether (sulfide) groups is 1. The van der Waals surface area contributed by atoms with Crippen molar-refractivity contribution >= 4 is 50.0 Å². The van der Waals surface area contributed by atoms with E-state index in [0.29, 0.717) is 23.7 Å². The number of nitrogens with zero attached hydrogens (tertiary/aromatic N) is 2. The molecular formula is C17H20ClFN2O3S2. The Hall–Kier alpha value is -1.12. The number of hydrogen-bond donors (Lipinski definition) is 0. The van der Waals surface area contributed by atoms with Gasteiger partial charge in [-0.25, -0.2) is 12.8 Å². The molecule has 0 radical (unpaired) electrons. The van der Waals surface area contributed by atoms with Gasteiger partial charge in [-0.15, -0.1) is 0 Å². The molecular weight excluding hydrogens is 399 g/mol. The predicted octanol–water partition coefficient (Wildman–Crippen LogP) is 3.52. The third kappa shape index (κ3) is 3.77. The van der Waals surface area contributed by atoms with Crippen molar-refractivity contribution in [1.82, 2.24) is 0 Å². The van der Waals surface area contributed by atoms with Gasteiger partial charge in [-0.1, -0.05) is 37.2 Å². The third-order valence-electron chi connectivity index (χ3n) is 4.79. The lowest BCUT2D eigenvalue weighted by Crippen LogP contribution is -2.38. The maximum Gasteiger partial charge on any atom is 0.251 e. The molecule has 1 amide bonds. The van der Waals surface area contributed by atoms with E-state index in [1.807, 2.05) is 13.8 Å². The van der Waals surface area contributed by atoms with Gasteiger partial charge in [-0.2, -0.15) is 4.99 Å². The minimum atomic E-state index is -3.16. The standard InChI is InChI=1S/C17H20ClFN2O3S2/c1-3-10(4-2)16(22)20-17-21(11-5-6-12(18)13(19)7-11)14-8-26(23,24)9-15(14)25-17/h5-7,10,14-15H,3-4,8-9H2,1-2H3/t14-,15-/m0/s1. The number of amides is 1. The van der Waals surface area contributed by atoms with E-state index < -0.39 is 15.7 Å². The van der Waals surface area contributed by atoms with Crippen molar-refractivity contribution in [1.29, 1.82) is 0 Å². The van der Waals surface area contributed by atoms with Crippen molar-refractivity contribution in [3.05, 3.63) is 29.0 Å². The Labute approximate surface area is 161 Å². The number of rotatable bonds is 4. The molecule has 142 valence electrons. The number of sulfone groups is 1. The Bertz CT molecular complexity index is 856. The largest absolute Gasteiger partial charge is 0.315 e. The van der Waals surface area contributed by atoms with Crippen LogP contribution in [0.5, 0.6) is 0 Å². The molecule has 2 aliphatic rings. The summed E-state index contributed by atoms with van der Waals surface area (Å²) in [6.07, 6.45) is 1.38. The second-order valence-electron chi connectivity index (χ2n) is 6.52. The van der Waals surface area contributed by atoms with Crippen molar-refractivity contribution in [2.24, 2.45) is 10.9 Å². The molecule has 0 aromatic heterocycles. The zero-order valence-electron chi connectivity index (χ0n) is 14.5. The molecule has 2 heterocycles. The van der Waals surface area contributed by atoms with E-state index in [2.05, 4.69) is 4.99 Å². The van der Waals surface area contributed by atoms with Crippen LogP contribution >= 0.6 is 23.4 Å². The van der Waals surface area contributed by atoms with Crippen LogP contribution in [0.1, 0.15) is 26.7 Å². The summed E-state index contributed by atoms with van der Waals surface area (Å²) in [6, 6.07) is 3.94. The number of carbonyl (C=O) groups is 1. The van der Waals surface area contributed by atoms with Crippen molar-refractivity contribution in [2.45, 2.75) is 38.0 Å². The summed E-state index contributed by atoms with van der Waals surface area (Å²) in [7, 11) is -3.16.